The van der Waals surface area contributed by atoms with Crippen LogP contribution in [0.1, 0.15) is 86.0 Å². The van der Waals surface area contributed by atoms with Gasteiger partial charge in [0, 0.05) is 0 Å². The van der Waals surface area contributed by atoms with E-state index >= 15 is 0 Å². The summed E-state index contributed by atoms with van der Waals surface area (Å²) in [6, 6.07) is 0. The SMILES string of the molecule is CC[C@]1(C)CCC[C@]2(C)C3=C(CC[C@@H]12)/C(=C/C(C)C)CC3. The number of allylic oxidation sites excluding steroid dienone is 4. The number of rotatable bonds is 2. The zero-order valence-corrected chi connectivity index (χ0v) is 14.9. The lowest BCUT2D eigenvalue weighted by Crippen LogP contribution is -2.46. The molecule has 0 radical (unpaired) electrons. The minimum Gasteiger partial charge on any atom is -0.0785 e. The first-order valence-corrected chi connectivity index (χ1v) is 9.34. The summed E-state index contributed by atoms with van der Waals surface area (Å²) in [6.07, 6.45) is 13.8. The van der Waals surface area contributed by atoms with Crippen LogP contribution in [0.5, 0.6) is 0 Å². The summed E-state index contributed by atoms with van der Waals surface area (Å²) in [5.41, 5.74) is 6.50. The van der Waals surface area contributed by atoms with E-state index in [4.69, 9.17) is 0 Å². The molecule has 3 atom stereocenters. The van der Waals surface area contributed by atoms with E-state index in [1.807, 2.05) is 5.57 Å². The molecular weight excluding hydrogens is 252 g/mol. The van der Waals surface area contributed by atoms with Crippen LogP contribution in [0.4, 0.5) is 0 Å². The van der Waals surface area contributed by atoms with E-state index in [-0.39, 0.29) is 0 Å². The Labute approximate surface area is 132 Å². The topological polar surface area (TPSA) is 0 Å². The van der Waals surface area contributed by atoms with E-state index in [0.29, 0.717) is 16.7 Å². The average Bonchev–Trinajstić information content (AvgIpc) is 2.82. The van der Waals surface area contributed by atoms with Crippen LogP contribution in [0.3, 0.4) is 0 Å². The molecule has 21 heavy (non-hydrogen) atoms. The quantitative estimate of drug-likeness (QED) is 0.531. The molecule has 0 heteroatoms. The van der Waals surface area contributed by atoms with Crippen molar-refractivity contribution in [3.05, 3.63) is 22.8 Å². The summed E-state index contributed by atoms with van der Waals surface area (Å²) in [4.78, 5) is 0. The fraction of sp³-hybridized carbons (Fsp3) is 0.810. The van der Waals surface area contributed by atoms with Gasteiger partial charge < -0.3 is 0 Å². The molecule has 0 heterocycles. The van der Waals surface area contributed by atoms with Crippen LogP contribution in [0.2, 0.25) is 0 Å². The summed E-state index contributed by atoms with van der Waals surface area (Å²) in [7, 11) is 0. The van der Waals surface area contributed by atoms with Crippen molar-refractivity contribution >= 4 is 0 Å². The Morgan fingerprint density at radius 2 is 1.90 bits per heavy atom. The van der Waals surface area contributed by atoms with Crippen molar-refractivity contribution in [1.82, 2.24) is 0 Å². The highest BCUT2D eigenvalue weighted by atomic mass is 14.6. The third-order valence-corrected chi connectivity index (χ3v) is 7.17. The number of hydrogen-bond donors (Lipinski definition) is 0. The highest BCUT2D eigenvalue weighted by molar-refractivity contribution is 5.46. The molecule has 0 nitrogen and oxygen atoms in total. The first-order valence-electron chi connectivity index (χ1n) is 9.34. The van der Waals surface area contributed by atoms with Crippen LogP contribution in [-0.2, 0) is 0 Å². The molecule has 0 saturated heterocycles. The van der Waals surface area contributed by atoms with Gasteiger partial charge in [-0.05, 0) is 72.3 Å². The first-order chi connectivity index (χ1) is 9.90. The molecule has 0 amide bonds. The number of hydrogen-bond acceptors (Lipinski definition) is 0. The molecule has 3 rings (SSSR count). The van der Waals surface area contributed by atoms with E-state index < -0.39 is 0 Å². The van der Waals surface area contributed by atoms with Gasteiger partial charge in [0.2, 0.25) is 0 Å². The van der Waals surface area contributed by atoms with Crippen molar-refractivity contribution in [2.24, 2.45) is 22.7 Å². The van der Waals surface area contributed by atoms with Crippen LogP contribution in [-0.4, -0.2) is 0 Å². The molecule has 0 spiro atoms. The molecule has 0 bridgehead atoms. The van der Waals surface area contributed by atoms with Crippen LogP contribution >= 0.6 is 0 Å². The van der Waals surface area contributed by atoms with Gasteiger partial charge in [-0.25, -0.2) is 0 Å². The lowest BCUT2D eigenvalue weighted by molar-refractivity contribution is -0.00352. The van der Waals surface area contributed by atoms with Crippen LogP contribution in [0.15, 0.2) is 22.8 Å². The van der Waals surface area contributed by atoms with Crippen molar-refractivity contribution < 1.29 is 0 Å². The second-order valence-corrected chi connectivity index (χ2v) is 8.76. The largest absolute Gasteiger partial charge is 0.0785 e. The van der Waals surface area contributed by atoms with Crippen molar-refractivity contribution in [3.63, 3.8) is 0 Å². The average molecular weight is 287 g/mol. The fourth-order valence-corrected chi connectivity index (χ4v) is 6.00. The highest BCUT2D eigenvalue weighted by Gasteiger charge is 2.52. The summed E-state index contributed by atoms with van der Waals surface area (Å²) in [5.74, 6) is 1.63. The van der Waals surface area contributed by atoms with Crippen LogP contribution < -0.4 is 0 Å². The van der Waals surface area contributed by atoms with Gasteiger partial charge in [0.15, 0.2) is 0 Å². The molecule has 0 aromatic carbocycles. The lowest BCUT2D eigenvalue weighted by atomic mass is 9.49. The molecule has 0 aliphatic heterocycles. The zero-order valence-electron chi connectivity index (χ0n) is 14.9. The summed E-state index contributed by atoms with van der Waals surface area (Å²) >= 11 is 0. The Hall–Kier alpha value is -0.520. The van der Waals surface area contributed by atoms with E-state index in [0.717, 1.165) is 5.92 Å². The van der Waals surface area contributed by atoms with Crippen LogP contribution in [0.25, 0.3) is 0 Å². The molecule has 118 valence electrons. The minimum absolute atomic E-state index is 0.517. The lowest BCUT2D eigenvalue weighted by Gasteiger charge is -2.55. The van der Waals surface area contributed by atoms with Crippen molar-refractivity contribution in [3.8, 4) is 0 Å². The van der Waals surface area contributed by atoms with E-state index in [1.165, 1.54) is 51.4 Å². The van der Waals surface area contributed by atoms with Gasteiger partial charge >= 0.3 is 0 Å². The molecule has 0 unspecified atom stereocenters. The van der Waals surface area contributed by atoms with E-state index in [9.17, 15) is 0 Å². The normalized spacial score (nSPS) is 41.6. The third kappa shape index (κ3) is 2.34. The summed E-state index contributed by atoms with van der Waals surface area (Å²) < 4.78 is 0. The maximum Gasteiger partial charge on any atom is -0.00768 e. The van der Waals surface area contributed by atoms with Crippen LogP contribution in [0, 0.1) is 22.7 Å². The molecule has 1 saturated carbocycles. The van der Waals surface area contributed by atoms with Crippen molar-refractivity contribution in [1.29, 1.82) is 0 Å². The van der Waals surface area contributed by atoms with Crippen molar-refractivity contribution in [2.75, 3.05) is 0 Å². The molecule has 0 aromatic heterocycles. The van der Waals surface area contributed by atoms with E-state index in [1.54, 1.807) is 11.1 Å². The monoisotopic (exact) mass is 286 g/mol. The molecule has 0 N–H and O–H groups in total. The van der Waals surface area contributed by atoms with Gasteiger partial charge in [-0.2, -0.15) is 0 Å². The molecular formula is C21H34. The second kappa shape index (κ2) is 5.28. The Morgan fingerprint density at radius 3 is 2.57 bits per heavy atom. The van der Waals surface area contributed by atoms with Gasteiger partial charge in [0.05, 0.1) is 0 Å². The predicted molar refractivity (Wildman–Crippen MR) is 92.3 cm³/mol. The zero-order chi connectivity index (χ0) is 15.3. The Kier molecular flexibility index (Phi) is 3.87. The predicted octanol–water partition coefficient (Wildman–Crippen LogP) is 6.68. The number of fused-ring (bicyclic) bond motifs is 2. The Balaban J connectivity index is 2.00. The minimum atomic E-state index is 0.517. The second-order valence-electron chi connectivity index (χ2n) is 8.76. The maximum atomic E-state index is 2.62. The third-order valence-electron chi connectivity index (χ3n) is 7.17. The molecule has 0 aromatic rings. The fourth-order valence-electron chi connectivity index (χ4n) is 6.00. The smallest absolute Gasteiger partial charge is 0.00768 e. The molecule has 3 aliphatic carbocycles. The Morgan fingerprint density at radius 1 is 1.14 bits per heavy atom. The van der Waals surface area contributed by atoms with Gasteiger partial charge in [-0.1, -0.05) is 59.1 Å². The Bertz CT molecular complexity index is 478. The van der Waals surface area contributed by atoms with Gasteiger partial charge in [-0.15, -0.1) is 0 Å². The summed E-state index contributed by atoms with van der Waals surface area (Å²) in [5, 5.41) is 0. The summed E-state index contributed by atoms with van der Waals surface area (Å²) in [6.45, 7) is 12.3. The first kappa shape index (κ1) is 15.4. The van der Waals surface area contributed by atoms with Gasteiger partial charge in [-0.3, -0.25) is 0 Å². The molecule has 1 fully saturated rings. The van der Waals surface area contributed by atoms with E-state index in [2.05, 4.69) is 40.7 Å². The maximum absolute atomic E-state index is 2.62. The molecule has 3 aliphatic rings. The standard InChI is InChI=1S/C21H34/c1-6-20(4)12-7-13-21(5)18-10-8-16(14-15(2)3)17(18)9-11-19(20)21/h14-15,19H,6-13H2,1-5H3/b16-14+/t19-,20+,21+/m0/s1. The van der Waals surface area contributed by atoms with Crippen molar-refractivity contribution in [2.45, 2.75) is 86.0 Å². The van der Waals surface area contributed by atoms with Gasteiger partial charge in [0.1, 0.15) is 0 Å². The highest BCUT2D eigenvalue weighted by Crippen LogP contribution is 2.63. The van der Waals surface area contributed by atoms with Gasteiger partial charge in [0.25, 0.3) is 0 Å².